The molecule has 2 aromatic rings. The van der Waals surface area contributed by atoms with Crippen LogP contribution in [0.2, 0.25) is 5.15 Å². The first-order chi connectivity index (χ1) is 13.9. The molecule has 29 heavy (non-hydrogen) atoms. The van der Waals surface area contributed by atoms with Crippen LogP contribution >= 0.6 is 11.6 Å². The van der Waals surface area contributed by atoms with Crippen LogP contribution in [0.4, 0.5) is 17.2 Å². The highest BCUT2D eigenvalue weighted by Crippen LogP contribution is 2.34. The Kier molecular flexibility index (Phi) is 6.32. The van der Waals surface area contributed by atoms with Crippen LogP contribution in [0, 0.1) is 16.0 Å². The number of benzene rings is 1. The average Bonchev–Trinajstić information content (AvgIpc) is 2.73. The molecule has 1 saturated heterocycles. The minimum Gasteiger partial charge on any atom is -0.497 e. The molecule has 0 bridgehead atoms. The van der Waals surface area contributed by atoms with Crippen molar-refractivity contribution in [1.29, 1.82) is 0 Å². The zero-order valence-electron chi connectivity index (χ0n) is 15.9. The zero-order valence-corrected chi connectivity index (χ0v) is 16.7. The van der Waals surface area contributed by atoms with E-state index in [1.54, 1.807) is 30.2 Å². The number of ether oxygens (including phenoxy) is 2. The fraction of sp³-hybridized carbons (Fsp3) is 0.389. The van der Waals surface area contributed by atoms with E-state index in [4.69, 9.17) is 21.1 Å². The Hall–Kier alpha value is -3.14. The molecule has 0 saturated carbocycles. The van der Waals surface area contributed by atoms with Crippen LogP contribution in [-0.2, 0) is 4.79 Å². The van der Waals surface area contributed by atoms with Gasteiger partial charge in [-0.15, -0.1) is 0 Å². The molecule has 1 aliphatic rings. The van der Waals surface area contributed by atoms with Gasteiger partial charge in [0, 0.05) is 25.1 Å². The van der Waals surface area contributed by atoms with E-state index in [9.17, 15) is 14.9 Å². The van der Waals surface area contributed by atoms with Crippen molar-refractivity contribution >= 4 is 34.7 Å². The van der Waals surface area contributed by atoms with Gasteiger partial charge in [0.1, 0.15) is 17.8 Å². The van der Waals surface area contributed by atoms with E-state index in [2.05, 4.69) is 15.3 Å². The molecule has 10 nitrogen and oxygen atoms in total. The van der Waals surface area contributed by atoms with Crippen LogP contribution < -0.4 is 19.7 Å². The minimum atomic E-state index is -0.591. The van der Waals surface area contributed by atoms with Gasteiger partial charge in [-0.25, -0.2) is 9.97 Å². The molecule has 0 spiro atoms. The van der Waals surface area contributed by atoms with Gasteiger partial charge in [-0.05, 0) is 25.0 Å². The highest BCUT2D eigenvalue weighted by Gasteiger charge is 2.31. The SMILES string of the molecule is COc1ccc(NC(=O)C2CCN(c3ncnc(Cl)c3[N+](=O)[O-])CC2)c(OC)c1. The number of amides is 1. The van der Waals surface area contributed by atoms with Crippen LogP contribution in [0.15, 0.2) is 24.5 Å². The number of halogens is 1. The Labute approximate surface area is 171 Å². The third-order valence-electron chi connectivity index (χ3n) is 4.77. The predicted molar refractivity (Wildman–Crippen MR) is 107 cm³/mol. The first-order valence-electron chi connectivity index (χ1n) is 8.87. The molecule has 2 heterocycles. The van der Waals surface area contributed by atoms with Crippen LogP contribution in [-0.4, -0.2) is 48.1 Å². The standard InChI is InChI=1S/C18H20ClN5O5/c1-28-12-3-4-13(14(9-12)29-2)22-18(25)11-5-7-23(8-6-11)17-15(24(26)27)16(19)20-10-21-17/h3-4,9-11H,5-8H2,1-2H3,(H,22,25). The molecule has 0 radical (unpaired) electrons. The summed E-state index contributed by atoms with van der Waals surface area (Å²) in [5.74, 6) is 0.920. The normalized spacial score (nSPS) is 14.4. The summed E-state index contributed by atoms with van der Waals surface area (Å²) >= 11 is 5.86. The fourth-order valence-electron chi connectivity index (χ4n) is 3.23. The van der Waals surface area contributed by atoms with Crippen molar-refractivity contribution in [2.24, 2.45) is 5.92 Å². The number of hydrogen-bond acceptors (Lipinski definition) is 8. The summed E-state index contributed by atoms with van der Waals surface area (Å²) in [5, 5.41) is 14.0. The molecule has 1 amide bonds. The van der Waals surface area contributed by atoms with E-state index in [0.717, 1.165) is 0 Å². The fourth-order valence-corrected chi connectivity index (χ4v) is 3.42. The van der Waals surface area contributed by atoms with Gasteiger partial charge >= 0.3 is 5.69 Å². The lowest BCUT2D eigenvalue weighted by Crippen LogP contribution is -2.39. The number of methoxy groups -OCH3 is 2. The van der Waals surface area contributed by atoms with Gasteiger partial charge in [-0.1, -0.05) is 11.6 Å². The molecular weight excluding hydrogens is 402 g/mol. The lowest BCUT2D eigenvalue weighted by Gasteiger charge is -2.31. The molecule has 3 rings (SSSR count). The van der Waals surface area contributed by atoms with Crippen LogP contribution in [0.3, 0.4) is 0 Å². The number of piperidine rings is 1. The Morgan fingerprint density at radius 2 is 2.00 bits per heavy atom. The van der Waals surface area contributed by atoms with E-state index in [0.29, 0.717) is 43.1 Å². The van der Waals surface area contributed by atoms with Gasteiger partial charge in [-0.2, -0.15) is 0 Å². The Balaban J connectivity index is 1.67. The lowest BCUT2D eigenvalue weighted by molar-refractivity contribution is -0.384. The average molecular weight is 422 g/mol. The van der Waals surface area contributed by atoms with Gasteiger partial charge in [0.15, 0.2) is 0 Å². The quantitative estimate of drug-likeness (QED) is 0.429. The summed E-state index contributed by atoms with van der Waals surface area (Å²) in [7, 11) is 3.07. The summed E-state index contributed by atoms with van der Waals surface area (Å²) in [6, 6.07) is 5.14. The van der Waals surface area contributed by atoms with Crippen molar-refractivity contribution in [3.8, 4) is 11.5 Å². The largest absolute Gasteiger partial charge is 0.497 e. The molecule has 1 aromatic heterocycles. The van der Waals surface area contributed by atoms with Crippen molar-refractivity contribution in [2.75, 3.05) is 37.5 Å². The summed E-state index contributed by atoms with van der Waals surface area (Å²) < 4.78 is 10.5. The minimum absolute atomic E-state index is 0.136. The maximum atomic E-state index is 12.7. The summed E-state index contributed by atoms with van der Waals surface area (Å²) in [6.07, 6.45) is 2.23. The van der Waals surface area contributed by atoms with Crippen LogP contribution in [0.25, 0.3) is 0 Å². The van der Waals surface area contributed by atoms with E-state index in [-0.39, 0.29) is 28.5 Å². The van der Waals surface area contributed by atoms with E-state index in [1.807, 2.05) is 0 Å². The van der Waals surface area contributed by atoms with Gasteiger partial charge in [0.25, 0.3) is 0 Å². The predicted octanol–water partition coefficient (Wildman–Crippen LogP) is 2.91. The smallest absolute Gasteiger partial charge is 0.348 e. The molecule has 0 aliphatic carbocycles. The van der Waals surface area contributed by atoms with Crippen LogP contribution in [0.1, 0.15) is 12.8 Å². The maximum absolute atomic E-state index is 12.7. The van der Waals surface area contributed by atoms with Crippen molar-refractivity contribution in [2.45, 2.75) is 12.8 Å². The second kappa shape index (κ2) is 8.91. The first-order valence-corrected chi connectivity index (χ1v) is 9.25. The van der Waals surface area contributed by atoms with E-state index in [1.165, 1.54) is 13.4 Å². The molecule has 154 valence electrons. The number of nitrogens with one attached hydrogen (secondary N) is 1. The van der Waals surface area contributed by atoms with Crippen molar-refractivity contribution < 1.29 is 19.2 Å². The number of hydrogen-bond donors (Lipinski definition) is 1. The molecular formula is C18H20ClN5O5. The monoisotopic (exact) mass is 421 g/mol. The molecule has 1 aromatic carbocycles. The highest BCUT2D eigenvalue weighted by atomic mass is 35.5. The van der Waals surface area contributed by atoms with Crippen molar-refractivity contribution in [3.05, 3.63) is 39.8 Å². The number of anilines is 2. The Morgan fingerprint density at radius 3 is 2.62 bits per heavy atom. The molecule has 1 N–H and O–H groups in total. The lowest BCUT2D eigenvalue weighted by atomic mass is 9.95. The third-order valence-corrected chi connectivity index (χ3v) is 5.05. The number of rotatable bonds is 6. The Morgan fingerprint density at radius 1 is 1.28 bits per heavy atom. The van der Waals surface area contributed by atoms with Gasteiger partial charge in [0.05, 0.1) is 24.8 Å². The van der Waals surface area contributed by atoms with Gasteiger partial charge < -0.3 is 19.7 Å². The molecule has 1 fully saturated rings. The molecule has 0 atom stereocenters. The third kappa shape index (κ3) is 4.48. The topological polar surface area (TPSA) is 120 Å². The van der Waals surface area contributed by atoms with Crippen molar-refractivity contribution in [1.82, 2.24) is 9.97 Å². The second-order valence-electron chi connectivity index (χ2n) is 6.41. The number of carbonyl (C=O) groups is 1. The summed E-state index contributed by atoms with van der Waals surface area (Å²) in [6.45, 7) is 0.873. The Bertz CT molecular complexity index is 918. The van der Waals surface area contributed by atoms with Crippen LogP contribution in [0.5, 0.6) is 11.5 Å². The van der Waals surface area contributed by atoms with Gasteiger partial charge in [0.2, 0.25) is 16.9 Å². The zero-order chi connectivity index (χ0) is 21.0. The highest BCUT2D eigenvalue weighted by molar-refractivity contribution is 6.31. The molecule has 1 aliphatic heterocycles. The molecule has 11 heteroatoms. The summed E-state index contributed by atoms with van der Waals surface area (Å²) in [5.41, 5.74) is 0.235. The maximum Gasteiger partial charge on any atom is 0.348 e. The van der Waals surface area contributed by atoms with E-state index >= 15 is 0 Å². The molecule has 0 unspecified atom stereocenters. The second-order valence-corrected chi connectivity index (χ2v) is 6.77. The van der Waals surface area contributed by atoms with E-state index < -0.39 is 4.92 Å². The number of carbonyl (C=O) groups excluding carboxylic acids is 1. The van der Waals surface area contributed by atoms with Crippen molar-refractivity contribution in [3.63, 3.8) is 0 Å². The first kappa shape index (κ1) is 20.6. The number of aromatic nitrogens is 2. The number of nitro groups is 1. The van der Waals surface area contributed by atoms with Gasteiger partial charge in [-0.3, -0.25) is 14.9 Å². The summed E-state index contributed by atoms with van der Waals surface area (Å²) in [4.78, 5) is 32.8. The number of nitrogens with zero attached hydrogens (tertiary/aromatic N) is 4.